The molecule has 0 aromatic heterocycles. The van der Waals surface area contributed by atoms with Crippen LogP contribution in [0.3, 0.4) is 0 Å². The van der Waals surface area contributed by atoms with Crippen LogP contribution >= 0.6 is 13.9 Å². The number of hydrogen-bond acceptors (Lipinski definition) is 0. The first-order valence-electron chi connectivity index (χ1n) is 10.2. The maximum atomic E-state index is 2.61. The molecule has 2 heteroatoms. The van der Waals surface area contributed by atoms with Gasteiger partial charge < -0.3 is 0 Å². The van der Waals surface area contributed by atoms with Gasteiger partial charge in [-0.15, -0.1) is 0 Å². The Hall–Kier alpha value is 0.860. The first-order chi connectivity index (χ1) is 10.2. The molecule has 0 rings (SSSR count). The van der Waals surface area contributed by atoms with Crippen LogP contribution in [0.4, 0.5) is 0 Å². The molecule has 0 fully saturated rings. The van der Waals surface area contributed by atoms with Crippen molar-refractivity contribution in [3.05, 3.63) is 0 Å². The topological polar surface area (TPSA) is 0 Å². The van der Waals surface area contributed by atoms with Crippen molar-refractivity contribution in [2.24, 2.45) is 0 Å². The van der Waals surface area contributed by atoms with Gasteiger partial charge >= 0.3 is 150 Å². The van der Waals surface area contributed by atoms with Crippen LogP contribution in [0, 0.1) is 0 Å². The maximum absolute atomic E-state index is 2.61. The Morgan fingerprint density at radius 3 is 0.826 bits per heavy atom. The van der Waals surface area contributed by atoms with E-state index in [-0.39, 0.29) is 0 Å². The van der Waals surface area contributed by atoms with E-state index in [1.807, 2.05) is 0 Å². The van der Waals surface area contributed by atoms with E-state index in [1.165, 1.54) is 19.3 Å². The molecule has 0 N–H and O–H groups in total. The zero-order valence-corrected chi connectivity index (χ0v) is 20.7. The predicted molar refractivity (Wildman–Crippen MR) is 121 cm³/mol. The summed E-state index contributed by atoms with van der Waals surface area (Å²) >= 11 is 0. The summed E-state index contributed by atoms with van der Waals surface area (Å²) in [6, 6.07) is 0. The Balaban J connectivity index is 6.92. The zero-order chi connectivity index (χ0) is 18.7. The van der Waals surface area contributed by atoms with Crippen LogP contribution in [-0.4, -0.2) is 34.0 Å². The molecule has 0 aliphatic rings. The molecule has 0 aromatic rings. The summed E-state index contributed by atoms with van der Waals surface area (Å²) < 4.78 is 0. The standard InChI is InChI=1S/C21H50P2/c1-13-16-22(17-14-2,18-15-3)23(19(4,5)6,20(7,8)9)21(10,11)12/h22-23H,13-18H2,1-12H3. The van der Waals surface area contributed by atoms with Gasteiger partial charge in [0.05, 0.1) is 0 Å². The van der Waals surface area contributed by atoms with Gasteiger partial charge in [-0.1, -0.05) is 0 Å². The normalized spacial score (nSPS) is 16.5. The summed E-state index contributed by atoms with van der Waals surface area (Å²) in [6.07, 6.45) is 8.86. The second kappa shape index (κ2) is 8.04. The average Bonchev–Trinajstić information content (AvgIpc) is 2.23. The molecule has 0 spiro atoms. The summed E-state index contributed by atoms with van der Waals surface area (Å²) in [5.41, 5.74) is 0. The molecule has 0 heterocycles. The van der Waals surface area contributed by atoms with Gasteiger partial charge in [0.2, 0.25) is 0 Å². The molecular formula is C21H50P2. The van der Waals surface area contributed by atoms with E-state index >= 15 is 0 Å². The van der Waals surface area contributed by atoms with Gasteiger partial charge in [0.15, 0.2) is 0 Å². The van der Waals surface area contributed by atoms with Crippen molar-refractivity contribution < 1.29 is 0 Å². The molecule has 0 bridgehead atoms. The Bertz CT molecular complexity index is 296. The predicted octanol–water partition coefficient (Wildman–Crippen LogP) is 8.03. The van der Waals surface area contributed by atoms with Crippen molar-refractivity contribution in [1.29, 1.82) is 0 Å². The van der Waals surface area contributed by atoms with Crippen molar-refractivity contribution >= 4 is 13.9 Å². The Labute approximate surface area is 150 Å². The average molecular weight is 365 g/mol. The fourth-order valence-corrected chi connectivity index (χ4v) is 44.3. The first-order valence-corrected chi connectivity index (χ1v) is 15.8. The van der Waals surface area contributed by atoms with E-state index in [2.05, 4.69) is 83.1 Å². The van der Waals surface area contributed by atoms with E-state index in [1.54, 1.807) is 18.5 Å². The third-order valence-corrected chi connectivity index (χ3v) is 32.8. The van der Waals surface area contributed by atoms with E-state index in [0.717, 1.165) is 0 Å². The third-order valence-electron chi connectivity index (χ3n) is 6.36. The van der Waals surface area contributed by atoms with Crippen molar-refractivity contribution in [2.75, 3.05) is 18.5 Å². The Kier molecular flexibility index (Phi) is 8.34. The molecule has 0 amide bonds. The van der Waals surface area contributed by atoms with Gasteiger partial charge in [0.1, 0.15) is 0 Å². The molecule has 144 valence electrons. The van der Waals surface area contributed by atoms with Gasteiger partial charge in [-0.2, -0.15) is 0 Å². The SMILES string of the molecule is CCC[PH](CCC)(CCC)[PH](C(C)(C)C)(C(C)(C)C)C(C)(C)C. The van der Waals surface area contributed by atoms with Crippen LogP contribution in [0.25, 0.3) is 0 Å². The van der Waals surface area contributed by atoms with Crippen LogP contribution < -0.4 is 0 Å². The molecule has 23 heavy (non-hydrogen) atoms. The van der Waals surface area contributed by atoms with Gasteiger partial charge in [0, 0.05) is 0 Å². The summed E-state index contributed by atoms with van der Waals surface area (Å²) in [5.74, 6) is 0. The second-order valence-electron chi connectivity index (χ2n) is 11.0. The Morgan fingerprint density at radius 1 is 0.478 bits per heavy atom. The number of rotatable bonds is 7. The van der Waals surface area contributed by atoms with Gasteiger partial charge in [-0.05, 0) is 0 Å². The molecule has 0 nitrogen and oxygen atoms in total. The molecular weight excluding hydrogens is 314 g/mol. The molecule has 0 aliphatic carbocycles. The van der Waals surface area contributed by atoms with Crippen LogP contribution in [-0.2, 0) is 0 Å². The van der Waals surface area contributed by atoms with Crippen molar-refractivity contribution in [3.63, 3.8) is 0 Å². The summed E-state index contributed by atoms with van der Waals surface area (Å²) in [6.45, 7) is 27.9. The Morgan fingerprint density at radius 2 is 0.696 bits per heavy atom. The minimum absolute atomic E-state index is 0.467. The van der Waals surface area contributed by atoms with Gasteiger partial charge in [-0.3, -0.25) is 0 Å². The van der Waals surface area contributed by atoms with Crippen LogP contribution in [0.5, 0.6) is 0 Å². The quantitative estimate of drug-likeness (QED) is 0.401. The molecule has 0 unspecified atom stereocenters. The fraction of sp³-hybridized carbons (Fsp3) is 1.00. The van der Waals surface area contributed by atoms with Gasteiger partial charge in [0.25, 0.3) is 0 Å². The molecule has 0 aromatic carbocycles. The van der Waals surface area contributed by atoms with Crippen LogP contribution in [0.2, 0.25) is 0 Å². The third kappa shape index (κ3) is 4.17. The van der Waals surface area contributed by atoms with Gasteiger partial charge in [-0.25, -0.2) is 0 Å². The summed E-state index contributed by atoms with van der Waals surface area (Å²) in [4.78, 5) is 0. The minimum atomic E-state index is -1.60. The first kappa shape index (κ1) is 23.9. The number of hydrogen-bond donors (Lipinski definition) is 0. The molecule has 0 radical (unpaired) electrons. The van der Waals surface area contributed by atoms with Crippen molar-refractivity contribution in [3.8, 4) is 0 Å². The van der Waals surface area contributed by atoms with Crippen molar-refractivity contribution in [1.82, 2.24) is 0 Å². The molecule has 0 saturated heterocycles. The zero-order valence-electron chi connectivity index (χ0n) is 18.7. The molecule has 0 aliphatic heterocycles. The molecule has 0 atom stereocenters. The summed E-state index contributed by atoms with van der Waals surface area (Å²) in [7, 11) is 0. The van der Waals surface area contributed by atoms with Crippen LogP contribution in [0.1, 0.15) is 102 Å². The molecule has 0 saturated carbocycles. The van der Waals surface area contributed by atoms with Crippen molar-refractivity contribution in [2.45, 2.75) is 118 Å². The van der Waals surface area contributed by atoms with E-state index in [0.29, 0.717) is 15.5 Å². The summed E-state index contributed by atoms with van der Waals surface area (Å²) in [5, 5.41) is 1.40. The fourth-order valence-electron chi connectivity index (χ4n) is 8.13. The van der Waals surface area contributed by atoms with Crippen LogP contribution in [0.15, 0.2) is 0 Å². The monoisotopic (exact) mass is 364 g/mol. The van der Waals surface area contributed by atoms with E-state index in [9.17, 15) is 0 Å². The second-order valence-corrected chi connectivity index (χ2v) is 26.5. The van der Waals surface area contributed by atoms with E-state index in [4.69, 9.17) is 0 Å². The van der Waals surface area contributed by atoms with E-state index < -0.39 is 13.9 Å².